The second kappa shape index (κ2) is 5.09. The van der Waals surface area contributed by atoms with E-state index in [0.717, 1.165) is 24.1 Å². The van der Waals surface area contributed by atoms with Gasteiger partial charge in [0.25, 0.3) is 11.5 Å². The minimum atomic E-state index is -0.685. The monoisotopic (exact) mass is 326 g/mol. The van der Waals surface area contributed by atoms with Crippen molar-refractivity contribution in [2.24, 2.45) is 0 Å². The van der Waals surface area contributed by atoms with Crippen LogP contribution in [0.5, 0.6) is 0 Å². The third-order valence-electron chi connectivity index (χ3n) is 5.10. The summed E-state index contributed by atoms with van der Waals surface area (Å²) in [6.07, 6.45) is 1.47. The highest BCUT2D eigenvalue weighted by Gasteiger charge is 2.52. The molecule has 0 bridgehead atoms. The Labute approximate surface area is 138 Å². The van der Waals surface area contributed by atoms with Gasteiger partial charge in [-0.25, -0.2) is 0 Å². The van der Waals surface area contributed by atoms with Crippen molar-refractivity contribution >= 4 is 17.5 Å². The first-order chi connectivity index (χ1) is 11.5. The molecule has 2 amide bonds. The molecule has 2 N–H and O–H groups in total. The number of nitrogens with zero attached hydrogens (tertiary/aromatic N) is 2. The van der Waals surface area contributed by atoms with Gasteiger partial charge in [-0.1, -0.05) is 18.2 Å². The lowest BCUT2D eigenvalue weighted by atomic mass is 9.75. The maximum absolute atomic E-state index is 13.0. The van der Waals surface area contributed by atoms with E-state index in [0.29, 0.717) is 13.1 Å². The maximum Gasteiger partial charge on any atom is 0.271 e. The van der Waals surface area contributed by atoms with Gasteiger partial charge < -0.3 is 9.80 Å². The molecule has 7 nitrogen and oxygen atoms in total. The largest absolute Gasteiger partial charge is 0.336 e. The molecular weight excluding hydrogens is 308 g/mol. The number of benzene rings is 1. The van der Waals surface area contributed by atoms with E-state index in [1.807, 2.05) is 24.3 Å². The van der Waals surface area contributed by atoms with E-state index in [-0.39, 0.29) is 23.1 Å². The number of hydrogen-bond donors (Lipinski definition) is 2. The third kappa shape index (κ3) is 1.94. The van der Waals surface area contributed by atoms with Gasteiger partial charge in [-0.05, 0) is 24.5 Å². The zero-order valence-corrected chi connectivity index (χ0v) is 13.3. The Morgan fingerprint density at radius 1 is 1.21 bits per heavy atom. The summed E-state index contributed by atoms with van der Waals surface area (Å²) in [6, 6.07) is 9.00. The molecule has 1 atom stereocenters. The standard InChI is InChI=1S/C17H18N4O3/c1-20-13-6-3-2-5-11(13)17(16(20)24)7-4-8-21(10-17)15(23)12-9-14(22)19-18-12/h2-3,5-6,9H,4,7-8,10H2,1H3,(H2,18,19,22). The van der Waals surface area contributed by atoms with Crippen molar-refractivity contribution in [2.75, 3.05) is 25.0 Å². The first-order valence-electron chi connectivity index (χ1n) is 7.97. The Hall–Kier alpha value is -2.83. The average molecular weight is 326 g/mol. The highest BCUT2D eigenvalue weighted by Crippen LogP contribution is 2.46. The molecule has 1 unspecified atom stereocenters. The van der Waals surface area contributed by atoms with E-state index in [4.69, 9.17) is 0 Å². The van der Waals surface area contributed by atoms with Crippen molar-refractivity contribution in [3.05, 3.63) is 51.9 Å². The first-order valence-corrected chi connectivity index (χ1v) is 7.97. The van der Waals surface area contributed by atoms with Crippen LogP contribution in [0.15, 0.2) is 35.1 Å². The third-order valence-corrected chi connectivity index (χ3v) is 5.10. The van der Waals surface area contributed by atoms with E-state index in [1.54, 1.807) is 16.8 Å². The predicted molar refractivity (Wildman–Crippen MR) is 88.1 cm³/mol. The number of rotatable bonds is 1. The van der Waals surface area contributed by atoms with Crippen LogP contribution < -0.4 is 10.5 Å². The van der Waals surface area contributed by atoms with Crippen molar-refractivity contribution in [3.8, 4) is 0 Å². The smallest absolute Gasteiger partial charge is 0.271 e. The van der Waals surface area contributed by atoms with E-state index in [1.165, 1.54) is 6.07 Å². The number of para-hydroxylation sites is 1. The predicted octanol–water partition coefficient (Wildman–Crippen LogP) is 0.853. The molecule has 1 aromatic heterocycles. The van der Waals surface area contributed by atoms with Gasteiger partial charge in [0.2, 0.25) is 5.91 Å². The van der Waals surface area contributed by atoms with Crippen molar-refractivity contribution < 1.29 is 9.59 Å². The van der Waals surface area contributed by atoms with Gasteiger partial charge in [0.05, 0.1) is 5.41 Å². The molecule has 2 aliphatic rings. The molecule has 2 aliphatic heterocycles. The molecule has 124 valence electrons. The average Bonchev–Trinajstić information content (AvgIpc) is 3.12. The van der Waals surface area contributed by atoms with Crippen LogP contribution >= 0.6 is 0 Å². The lowest BCUT2D eigenvalue weighted by Gasteiger charge is -2.39. The fourth-order valence-electron chi connectivity index (χ4n) is 3.96. The van der Waals surface area contributed by atoms with E-state index in [2.05, 4.69) is 10.2 Å². The Bertz CT molecular complexity index is 884. The fourth-order valence-corrected chi connectivity index (χ4v) is 3.96. The molecule has 24 heavy (non-hydrogen) atoms. The van der Waals surface area contributed by atoms with Crippen molar-refractivity contribution in [1.29, 1.82) is 0 Å². The van der Waals surface area contributed by atoms with Crippen molar-refractivity contribution in [2.45, 2.75) is 18.3 Å². The van der Waals surface area contributed by atoms with Gasteiger partial charge in [0.15, 0.2) is 0 Å². The lowest BCUT2D eigenvalue weighted by molar-refractivity contribution is -0.124. The number of fused-ring (bicyclic) bond motifs is 2. The minimum Gasteiger partial charge on any atom is -0.336 e. The Balaban J connectivity index is 1.71. The summed E-state index contributed by atoms with van der Waals surface area (Å²) in [6.45, 7) is 0.909. The molecule has 1 fully saturated rings. The van der Waals surface area contributed by atoms with E-state index in [9.17, 15) is 14.4 Å². The number of anilines is 1. The molecule has 7 heteroatoms. The highest BCUT2D eigenvalue weighted by atomic mass is 16.2. The topological polar surface area (TPSA) is 89.3 Å². The highest BCUT2D eigenvalue weighted by molar-refractivity contribution is 6.08. The number of amides is 2. The minimum absolute atomic E-state index is 0.0313. The van der Waals surface area contributed by atoms with Crippen LogP contribution in [-0.2, 0) is 10.2 Å². The Morgan fingerprint density at radius 3 is 2.75 bits per heavy atom. The van der Waals surface area contributed by atoms with Crippen molar-refractivity contribution in [3.63, 3.8) is 0 Å². The molecule has 3 heterocycles. The number of piperidine rings is 1. The van der Waals surface area contributed by atoms with Gasteiger partial charge in [-0.15, -0.1) is 0 Å². The molecule has 1 spiro atoms. The summed E-state index contributed by atoms with van der Waals surface area (Å²) in [4.78, 5) is 40.2. The zero-order valence-electron chi connectivity index (χ0n) is 13.3. The van der Waals surface area contributed by atoms with Crippen LogP contribution in [0.2, 0.25) is 0 Å². The molecule has 1 aromatic carbocycles. The fraction of sp³-hybridized carbons (Fsp3) is 0.353. The number of likely N-dealkylation sites (N-methyl/N-ethyl adjacent to an activating group) is 1. The summed E-state index contributed by atoms with van der Waals surface area (Å²) in [5, 5.41) is 4.97. The first kappa shape index (κ1) is 14.7. The van der Waals surface area contributed by atoms with Crippen LogP contribution in [0, 0.1) is 0 Å². The van der Waals surface area contributed by atoms with Crippen molar-refractivity contribution in [1.82, 2.24) is 15.1 Å². The van der Waals surface area contributed by atoms with Gasteiger partial charge >= 0.3 is 0 Å². The second-order valence-electron chi connectivity index (χ2n) is 6.47. The number of likely N-dealkylation sites (tertiary alicyclic amines) is 1. The summed E-state index contributed by atoms with van der Waals surface area (Å²) in [5.41, 5.74) is 1.09. The number of aromatic nitrogens is 2. The van der Waals surface area contributed by atoms with E-state index >= 15 is 0 Å². The van der Waals surface area contributed by atoms with Crippen LogP contribution in [0.1, 0.15) is 28.9 Å². The number of aromatic amines is 2. The van der Waals surface area contributed by atoms with Crippen LogP contribution in [0.4, 0.5) is 5.69 Å². The van der Waals surface area contributed by atoms with Crippen LogP contribution in [0.3, 0.4) is 0 Å². The van der Waals surface area contributed by atoms with E-state index < -0.39 is 5.41 Å². The van der Waals surface area contributed by atoms with Gasteiger partial charge in [-0.3, -0.25) is 24.6 Å². The van der Waals surface area contributed by atoms with Crippen LogP contribution in [0.25, 0.3) is 0 Å². The number of nitrogens with one attached hydrogen (secondary N) is 2. The van der Waals surface area contributed by atoms with Gasteiger partial charge in [0.1, 0.15) is 5.69 Å². The molecule has 0 aliphatic carbocycles. The zero-order chi connectivity index (χ0) is 16.9. The molecule has 4 rings (SSSR count). The summed E-state index contributed by atoms with van der Waals surface area (Å²) < 4.78 is 0. The Kier molecular flexibility index (Phi) is 3.13. The summed E-state index contributed by atoms with van der Waals surface area (Å²) in [7, 11) is 1.78. The number of hydrogen-bond acceptors (Lipinski definition) is 3. The molecular formula is C17H18N4O3. The van der Waals surface area contributed by atoms with Gasteiger partial charge in [0, 0.05) is 31.9 Å². The second-order valence-corrected chi connectivity index (χ2v) is 6.47. The summed E-state index contributed by atoms with van der Waals surface area (Å²) >= 11 is 0. The molecule has 2 aromatic rings. The maximum atomic E-state index is 13.0. The molecule has 1 saturated heterocycles. The summed E-state index contributed by atoms with van der Waals surface area (Å²) in [5.74, 6) is -0.226. The molecule has 0 saturated carbocycles. The number of carbonyl (C=O) groups excluding carboxylic acids is 2. The normalized spacial score (nSPS) is 23.0. The van der Waals surface area contributed by atoms with Crippen LogP contribution in [-0.4, -0.2) is 47.0 Å². The quantitative estimate of drug-likeness (QED) is 0.814. The number of H-pyrrole nitrogens is 2. The Morgan fingerprint density at radius 2 is 2.00 bits per heavy atom. The van der Waals surface area contributed by atoms with Gasteiger partial charge in [-0.2, -0.15) is 0 Å². The number of carbonyl (C=O) groups is 2. The SMILES string of the molecule is CN1C(=O)C2(CCCN(C(=O)c3cc(=O)[nH][nH]3)C2)c2ccccc21. The lowest BCUT2D eigenvalue weighted by Crippen LogP contribution is -2.53. The molecule has 0 radical (unpaired) electrons.